The summed E-state index contributed by atoms with van der Waals surface area (Å²) in [6.45, 7) is 2.65. The van der Waals surface area contributed by atoms with Gasteiger partial charge in [0.1, 0.15) is 6.67 Å². The van der Waals surface area contributed by atoms with E-state index in [2.05, 4.69) is 10.2 Å². The third kappa shape index (κ3) is 4.69. The van der Waals surface area contributed by atoms with Crippen molar-refractivity contribution in [1.82, 2.24) is 10.0 Å². The van der Waals surface area contributed by atoms with E-state index in [1.807, 2.05) is 96.2 Å². The molecule has 0 aromatic heterocycles. The van der Waals surface area contributed by atoms with Gasteiger partial charge in [-0.15, -0.1) is 12.4 Å². The maximum absolute atomic E-state index is 4.50. The van der Waals surface area contributed by atoms with Crippen LogP contribution in [0.4, 0.5) is 0 Å². The van der Waals surface area contributed by atoms with Crippen LogP contribution in [0.15, 0.2) is 82.8 Å². The Labute approximate surface area is 142 Å². The first-order valence-corrected chi connectivity index (χ1v) is 7.22. The molecule has 1 aliphatic rings. The molecule has 0 saturated carbocycles. The molecule has 2 aromatic rings. The van der Waals surface area contributed by atoms with Crippen molar-refractivity contribution in [2.45, 2.75) is 6.92 Å². The van der Waals surface area contributed by atoms with Crippen LogP contribution in [-0.2, 0) is 0 Å². The third-order valence-corrected chi connectivity index (χ3v) is 3.32. The molecule has 0 bridgehead atoms. The average molecular weight is 327 g/mol. The van der Waals surface area contributed by atoms with E-state index in [4.69, 9.17) is 0 Å². The minimum Gasteiger partial charge on any atom is -0.249 e. The van der Waals surface area contributed by atoms with E-state index in [9.17, 15) is 0 Å². The molecular weight excluding hydrogens is 308 g/mol. The number of halogens is 1. The molecule has 0 spiro atoms. The third-order valence-electron chi connectivity index (χ3n) is 3.32. The fourth-order valence-electron chi connectivity index (χ4n) is 2.12. The van der Waals surface area contributed by atoms with Crippen LogP contribution in [0.2, 0.25) is 0 Å². The number of nitrogens with zero attached hydrogens (tertiary/aromatic N) is 4. The highest BCUT2D eigenvalue weighted by Gasteiger charge is 2.15. The van der Waals surface area contributed by atoms with Crippen LogP contribution >= 0.6 is 12.4 Å². The number of benzene rings is 2. The topological polar surface area (TPSA) is 31.2 Å². The fourth-order valence-corrected chi connectivity index (χ4v) is 2.12. The minimum absolute atomic E-state index is 0. The van der Waals surface area contributed by atoms with Crippen molar-refractivity contribution in [2.75, 3.05) is 6.67 Å². The molecule has 3 rings (SSSR count). The highest BCUT2D eigenvalue weighted by Crippen LogP contribution is 2.15. The van der Waals surface area contributed by atoms with Gasteiger partial charge in [-0.1, -0.05) is 60.7 Å². The number of allylic oxidation sites excluding steroid dienone is 1. The van der Waals surface area contributed by atoms with Gasteiger partial charge in [0.15, 0.2) is 0 Å². The van der Waals surface area contributed by atoms with E-state index in [1.165, 1.54) is 0 Å². The van der Waals surface area contributed by atoms with Crippen molar-refractivity contribution < 1.29 is 0 Å². The first-order chi connectivity index (χ1) is 10.8. The van der Waals surface area contributed by atoms with E-state index in [0.29, 0.717) is 6.67 Å². The van der Waals surface area contributed by atoms with Gasteiger partial charge in [0.2, 0.25) is 0 Å². The van der Waals surface area contributed by atoms with E-state index in [1.54, 1.807) is 0 Å². The summed E-state index contributed by atoms with van der Waals surface area (Å²) in [6, 6.07) is 20.1. The maximum Gasteiger partial charge on any atom is 0.133 e. The van der Waals surface area contributed by atoms with Gasteiger partial charge in [0.25, 0.3) is 0 Å². The lowest BCUT2D eigenvalue weighted by atomic mass is 10.2. The number of hydrazone groups is 2. The van der Waals surface area contributed by atoms with Crippen molar-refractivity contribution in [3.05, 3.63) is 83.7 Å². The Morgan fingerprint density at radius 3 is 1.91 bits per heavy atom. The molecule has 5 heteroatoms. The lowest BCUT2D eigenvalue weighted by Gasteiger charge is -2.14. The Morgan fingerprint density at radius 1 is 0.826 bits per heavy atom. The molecule has 118 valence electrons. The SMILES string of the molecule is CC1=CN(N=Cc2ccccc2)CN1N=Cc1ccccc1.Cl. The van der Waals surface area contributed by atoms with Gasteiger partial charge >= 0.3 is 0 Å². The largest absolute Gasteiger partial charge is 0.249 e. The Balaban J connectivity index is 0.00000192. The summed E-state index contributed by atoms with van der Waals surface area (Å²) >= 11 is 0. The van der Waals surface area contributed by atoms with Crippen LogP contribution < -0.4 is 0 Å². The molecule has 2 aromatic carbocycles. The van der Waals surface area contributed by atoms with E-state index < -0.39 is 0 Å². The zero-order valence-corrected chi connectivity index (χ0v) is 13.7. The first kappa shape index (κ1) is 16.8. The van der Waals surface area contributed by atoms with Crippen LogP contribution in [-0.4, -0.2) is 29.1 Å². The molecule has 1 heterocycles. The Morgan fingerprint density at radius 2 is 1.35 bits per heavy atom. The van der Waals surface area contributed by atoms with Gasteiger partial charge in [-0.3, -0.25) is 0 Å². The van der Waals surface area contributed by atoms with E-state index in [-0.39, 0.29) is 12.4 Å². The molecule has 0 N–H and O–H groups in total. The van der Waals surface area contributed by atoms with Gasteiger partial charge in [0, 0.05) is 6.20 Å². The van der Waals surface area contributed by atoms with Gasteiger partial charge < -0.3 is 0 Å². The minimum atomic E-state index is 0. The van der Waals surface area contributed by atoms with E-state index in [0.717, 1.165) is 16.8 Å². The molecule has 4 nitrogen and oxygen atoms in total. The normalized spacial score (nSPS) is 14.4. The van der Waals surface area contributed by atoms with Gasteiger partial charge in [-0.2, -0.15) is 10.2 Å². The molecule has 23 heavy (non-hydrogen) atoms. The van der Waals surface area contributed by atoms with Crippen molar-refractivity contribution >= 4 is 24.8 Å². The van der Waals surface area contributed by atoms with Gasteiger partial charge in [-0.25, -0.2) is 10.0 Å². The summed E-state index contributed by atoms with van der Waals surface area (Å²) in [5.41, 5.74) is 3.23. The summed E-state index contributed by atoms with van der Waals surface area (Å²) in [5.74, 6) is 0. The number of rotatable bonds is 4. The second kappa shape index (κ2) is 8.15. The predicted octanol–water partition coefficient (Wildman–Crippen LogP) is 3.91. The smallest absolute Gasteiger partial charge is 0.133 e. The van der Waals surface area contributed by atoms with Gasteiger partial charge in [0.05, 0.1) is 18.1 Å². The second-order valence-corrected chi connectivity index (χ2v) is 5.06. The Bertz CT molecular complexity index is 695. The summed E-state index contributed by atoms with van der Waals surface area (Å²) in [5, 5.41) is 12.8. The van der Waals surface area contributed by atoms with Crippen LogP contribution in [0.3, 0.4) is 0 Å². The molecule has 0 amide bonds. The van der Waals surface area contributed by atoms with Crippen LogP contribution in [0.5, 0.6) is 0 Å². The Kier molecular flexibility index (Phi) is 5.94. The number of hydrogen-bond donors (Lipinski definition) is 0. The average Bonchev–Trinajstić information content (AvgIpc) is 2.93. The predicted molar refractivity (Wildman–Crippen MR) is 97.6 cm³/mol. The van der Waals surface area contributed by atoms with Crippen LogP contribution in [0.1, 0.15) is 18.1 Å². The maximum atomic E-state index is 4.50. The van der Waals surface area contributed by atoms with Crippen molar-refractivity contribution in [2.24, 2.45) is 10.2 Å². The monoisotopic (exact) mass is 326 g/mol. The zero-order chi connectivity index (χ0) is 15.2. The molecule has 0 unspecified atom stereocenters. The summed E-state index contributed by atoms with van der Waals surface area (Å²) in [7, 11) is 0. The molecule has 0 atom stereocenters. The highest BCUT2D eigenvalue weighted by atomic mass is 35.5. The number of hydrogen-bond acceptors (Lipinski definition) is 4. The van der Waals surface area contributed by atoms with Crippen molar-refractivity contribution in [3.8, 4) is 0 Å². The molecule has 0 fully saturated rings. The molecule has 0 saturated heterocycles. The molecular formula is C18H19ClN4. The molecule has 0 aliphatic carbocycles. The van der Waals surface area contributed by atoms with Crippen molar-refractivity contribution in [3.63, 3.8) is 0 Å². The standard InChI is InChI=1S/C18H18N4.ClH/c1-16-14-21(19-12-17-8-4-2-5-9-17)15-22(16)20-13-18-10-6-3-7-11-18;/h2-14H,15H2,1H3;1H. The summed E-state index contributed by atoms with van der Waals surface area (Å²) in [4.78, 5) is 0. The lowest BCUT2D eigenvalue weighted by Crippen LogP contribution is -2.19. The molecule has 0 radical (unpaired) electrons. The molecule has 1 aliphatic heterocycles. The second-order valence-electron chi connectivity index (χ2n) is 5.06. The van der Waals surface area contributed by atoms with Crippen LogP contribution in [0.25, 0.3) is 0 Å². The quantitative estimate of drug-likeness (QED) is 0.798. The van der Waals surface area contributed by atoms with Crippen LogP contribution in [0, 0.1) is 0 Å². The van der Waals surface area contributed by atoms with E-state index >= 15 is 0 Å². The zero-order valence-electron chi connectivity index (χ0n) is 12.9. The fraction of sp³-hybridized carbons (Fsp3) is 0.111. The summed E-state index contributed by atoms with van der Waals surface area (Å²) < 4.78 is 0. The van der Waals surface area contributed by atoms with Gasteiger partial charge in [-0.05, 0) is 18.1 Å². The Hall–Kier alpha value is -2.59. The summed E-state index contributed by atoms with van der Waals surface area (Å²) in [6.07, 6.45) is 5.71. The van der Waals surface area contributed by atoms with Crippen molar-refractivity contribution in [1.29, 1.82) is 0 Å². The highest BCUT2D eigenvalue weighted by molar-refractivity contribution is 5.85. The lowest BCUT2D eigenvalue weighted by molar-refractivity contribution is 0.273. The first-order valence-electron chi connectivity index (χ1n) is 7.22.